The fourth-order valence-corrected chi connectivity index (χ4v) is 2.88. The van der Waals surface area contributed by atoms with Crippen LogP contribution in [0.2, 0.25) is 0 Å². The number of aryl methyl sites for hydroxylation is 1. The van der Waals surface area contributed by atoms with E-state index in [0.717, 1.165) is 4.57 Å². The Morgan fingerprint density at radius 2 is 1.68 bits per heavy atom. The summed E-state index contributed by atoms with van der Waals surface area (Å²) in [6.45, 7) is 0. The molecule has 144 valence electrons. The number of rotatable bonds is 4. The van der Waals surface area contributed by atoms with Crippen molar-refractivity contribution in [2.75, 3.05) is 7.05 Å². The van der Waals surface area contributed by atoms with Crippen molar-refractivity contribution in [1.29, 1.82) is 0 Å². The number of fused-ring (bicyclic) bond motifs is 1. The van der Waals surface area contributed by atoms with Crippen LogP contribution in [0.25, 0.3) is 11.0 Å². The molecule has 0 fully saturated rings. The number of benzene rings is 1. The average molecular weight is 381 g/mol. The zero-order valence-electron chi connectivity index (χ0n) is 15.6. The van der Waals surface area contributed by atoms with Gasteiger partial charge in [0.05, 0.1) is 5.39 Å². The first kappa shape index (κ1) is 19.0. The monoisotopic (exact) mass is 381 g/mol. The number of nitrogens with zero attached hydrogens (tertiary/aromatic N) is 3. The number of carbonyl (C=O) groups excluding carboxylic acids is 2. The Labute approximate surface area is 159 Å². The molecule has 2 heterocycles. The Hall–Kier alpha value is -3.75. The molecule has 3 aromatic rings. The molecular weight excluding hydrogens is 362 g/mol. The van der Waals surface area contributed by atoms with Gasteiger partial charge in [-0.2, -0.15) is 0 Å². The van der Waals surface area contributed by atoms with Gasteiger partial charge in [0, 0.05) is 21.1 Å². The molecule has 2 aromatic heterocycles. The molecule has 9 heteroatoms. The second kappa shape index (κ2) is 7.47. The molecule has 0 saturated heterocycles. The molecule has 0 radical (unpaired) electrons. The van der Waals surface area contributed by atoms with Crippen LogP contribution in [0.15, 0.2) is 52.1 Å². The van der Waals surface area contributed by atoms with Crippen LogP contribution in [-0.2, 0) is 18.9 Å². The minimum Gasteiger partial charge on any atom is -0.357 e. The third-order valence-corrected chi connectivity index (χ3v) is 4.45. The van der Waals surface area contributed by atoms with Crippen molar-refractivity contribution in [2.45, 2.75) is 6.04 Å². The number of aromatic nitrogens is 3. The van der Waals surface area contributed by atoms with Gasteiger partial charge in [-0.3, -0.25) is 23.5 Å². The number of carbonyl (C=O) groups is 2. The first-order chi connectivity index (χ1) is 13.3. The standard InChI is InChI=1S/C19H19N5O4/c1-20-17(26)14(11-7-5-4-6-8-11)22-16(25)13-10-9-12-15(21-13)23(2)19(28)24(3)18(12)27/h4-10,14H,1-3H3,(H,20,26)(H,22,25)/t14-/m1/s1. The molecule has 0 unspecified atom stereocenters. The van der Waals surface area contributed by atoms with Crippen molar-refractivity contribution in [2.24, 2.45) is 14.1 Å². The molecule has 9 nitrogen and oxygen atoms in total. The second-order valence-electron chi connectivity index (χ2n) is 6.20. The summed E-state index contributed by atoms with van der Waals surface area (Å²) in [7, 11) is 4.32. The van der Waals surface area contributed by atoms with Crippen LogP contribution in [0.1, 0.15) is 22.1 Å². The number of amides is 2. The van der Waals surface area contributed by atoms with E-state index in [1.807, 2.05) is 0 Å². The normalized spacial score (nSPS) is 11.8. The van der Waals surface area contributed by atoms with E-state index < -0.39 is 23.2 Å². The van der Waals surface area contributed by atoms with Crippen molar-refractivity contribution in [3.63, 3.8) is 0 Å². The third kappa shape index (κ3) is 3.29. The molecule has 3 rings (SSSR count). The molecule has 28 heavy (non-hydrogen) atoms. The van der Waals surface area contributed by atoms with E-state index in [2.05, 4.69) is 15.6 Å². The van der Waals surface area contributed by atoms with E-state index in [0.29, 0.717) is 5.56 Å². The summed E-state index contributed by atoms with van der Waals surface area (Å²) in [5.41, 5.74) is -0.352. The molecule has 0 saturated carbocycles. The Bertz CT molecular complexity index is 1180. The first-order valence-electron chi connectivity index (χ1n) is 8.49. The van der Waals surface area contributed by atoms with Crippen molar-refractivity contribution < 1.29 is 9.59 Å². The van der Waals surface area contributed by atoms with Crippen molar-refractivity contribution >= 4 is 22.8 Å². The molecule has 0 aliphatic rings. The van der Waals surface area contributed by atoms with Crippen LogP contribution in [0, 0.1) is 0 Å². The predicted molar refractivity (Wildman–Crippen MR) is 103 cm³/mol. The SMILES string of the molecule is CNC(=O)[C@H](NC(=O)c1ccc2c(=O)n(C)c(=O)n(C)c2n1)c1ccccc1. The van der Waals surface area contributed by atoms with Gasteiger partial charge in [-0.25, -0.2) is 9.78 Å². The van der Waals surface area contributed by atoms with Gasteiger partial charge in [0.25, 0.3) is 11.5 Å². The highest BCUT2D eigenvalue weighted by molar-refractivity contribution is 5.97. The lowest BCUT2D eigenvalue weighted by Gasteiger charge is -2.17. The van der Waals surface area contributed by atoms with Gasteiger partial charge in [-0.15, -0.1) is 0 Å². The summed E-state index contributed by atoms with van der Waals surface area (Å²) >= 11 is 0. The molecule has 0 bridgehead atoms. The number of nitrogens with one attached hydrogen (secondary N) is 2. The number of hydrogen-bond donors (Lipinski definition) is 2. The maximum absolute atomic E-state index is 12.7. The molecule has 0 aliphatic carbocycles. The highest BCUT2D eigenvalue weighted by Crippen LogP contribution is 2.14. The summed E-state index contributed by atoms with van der Waals surface area (Å²) < 4.78 is 2.17. The van der Waals surface area contributed by atoms with Gasteiger partial charge in [0.2, 0.25) is 5.91 Å². The van der Waals surface area contributed by atoms with E-state index in [1.165, 1.54) is 37.8 Å². The van der Waals surface area contributed by atoms with E-state index in [1.54, 1.807) is 30.3 Å². The molecule has 0 spiro atoms. The van der Waals surface area contributed by atoms with E-state index in [4.69, 9.17) is 0 Å². The van der Waals surface area contributed by atoms with Crippen LogP contribution in [0.5, 0.6) is 0 Å². The van der Waals surface area contributed by atoms with Crippen molar-refractivity contribution in [3.8, 4) is 0 Å². The summed E-state index contributed by atoms with van der Waals surface area (Å²) in [5, 5.41) is 5.37. The van der Waals surface area contributed by atoms with Crippen molar-refractivity contribution in [3.05, 3.63) is 74.6 Å². The van der Waals surface area contributed by atoms with E-state index >= 15 is 0 Å². The highest BCUT2D eigenvalue weighted by atomic mass is 16.2. The van der Waals surface area contributed by atoms with Gasteiger partial charge in [-0.1, -0.05) is 30.3 Å². The van der Waals surface area contributed by atoms with Gasteiger partial charge in [0.1, 0.15) is 17.4 Å². The van der Waals surface area contributed by atoms with E-state index in [9.17, 15) is 19.2 Å². The maximum atomic E-state index is 12.7. The predicted octanol–water partition coefficient (Wildman–Crippen LogP) is -0.151. The fourth-order valence-electron chi connectivity index (χ4n) is 2.88. The highest BCUT2D eigenvalue weighted by Gasteiger charge is 2.23. The topological polar surface area (TPSA) is 115 Å². The Balaban J connectivity index is 2.02. The van der Waals surface area contributed by atoms with Gasteiger partial charge in [0.15, 0.2) is 0 Å². The molecule has 2 amide bonds. The first-order valence-corrected chi connectivity index (χ1v) is 8.49. The largest absolute Gasteiger partial charge is 0.357 e. The quantitative estimate of drug-likeness (QED) is 0.652. The maximum Gasteiger partial charge on any atom is 0.332 e. The Kier molecular flexibility index (Phi) is 5.08. The summed E-state index contributed by atoms with van der Waals surface area (Å²) in [5.74, 6) is -0.992. The van der Waals surface area contributed by atoms with Crippen LogP contribution >= 0.6 is 0 Å². The second-order valence-corrected chi connectivity index (χ2v) is 6.20. The van der Waals surface area contributed by atoms with E-state index in [-0.39, 0.29) is 22.6 Å². The lowest BCUT2D eigenvalue weighted by molar-refractivity contribution is -0.122. The number of hydrogen-bond acceptors (Lipinski definition) is 5. The smallest absolute Gasteiger partial charge is 0.332 e. The molecular formula is C19H19N5O4. The summed E-state index contributed by atoms with van der Waals surface area (Å²) in [6, 6.07) is 10.7. The molecule has 0 aliphatic heterocycles. The van der Waals surface area contributed by atoms with Crippen LogP contribution in [0.3, 0.4) is 0 Å². The average Bonchev–Trinajstić information content (AvgIpc) is 2.73. The summed E-state index contributed by atoms with van der Waals surface area (Å²) in [4.78, 5) is 53.5. The van der Waals surface area contributed by atoms with Gasteiger partial charge in [-0.05, 0) is 17.7 Å². The third-order valence-electron chi connectivity index (χ3n) is 4.45. The lowest BCUT2D eigenvalue weighted by Crippen LogP contribution is -2.40. The minimum atomic E-state index is -0.913. The lowest BCUT2D eigenvalue weighted by atomic mass is 10.1. The Morgan fingerprint density at radius 3 is 2.32 bits per heavy atom. The number of pyridine rings is 1. The minimum absolute atomic E-state index is 0.0133. The fraction of sp³-hybridized carbons (Fsp3) is 0.211. The van der Waals surface area contributed by atoms with Crippen LogP contribution in [-0.4, -0.2) is 33.0 Å². The zero-order valence-corrected chi connectivity index (χ0v) is 15.6. The van der Waals surface area contributed by atoms with Gasteiger partial charge < -0.3 is 10.6 Å². The summed E-state index contributed by atoms with van der Waals surface area (Å²) in [6.07, 6.45) is 0. The van der Waals surface area contributed by atoms with Crippen LogP contribution in [0.4, 0.5) is 0 Å². The number of likely N-dealkylation sites (N-methyl/N-ethyl adjacent to an activating group) is 1. The Morgan fingerprint density at radius 1 is 1.00 bits per heavy atom. The molecule has 2 N–H and O–H groups in total. The van der Waals surface area contributed by atoms with Crippen LogP contribution < -0.4 is 21.9 Å². The van der Waals surface area contributed by atoms with Crippen molar-refractivity contribution in [1.82, 2.24) is 24.8 Å². The van der Waals surface area contributed by atoms with Gasteiger partial charge >= 0.3 is 5.69 Å². The molecule has 1 atom stereocenters. The molecule has 1 aromatic carbocycles. The zero-order chi connectivity index (χ0) is 20.4.